The lowest BCUT2D eigenvalue weighted by Gasteiger charge is -2.25. The molecule has 0 bridgehead atoms. The van der Waals surface area contributed by atoms with Crippen LogP contribution in [-0.4, -0.2) is 23.0 Å². The topological polar surface area (TPSA) is 40.5 Å². The maximum absolute atomic E-state index is 11.5. The molecule has 1 aromatic rings. The summed E-state index contributed by atoms with van der Waals surface area (Å²) in [7, 11) is 1.75. The van der Waals surface area contributed by atoms with Crippen molar-refractivity contribution in [1.82, 2.24) is 4.90 Å². The van der Waals surface area contributed by atoms with E-state index in [4.69, 9.17) is 0 Å². The summed E-state index contributed by atoms with van der Waals surface area (Å²) in [5, 5.41) is 9.65. The number of phenolic OH excluding ortho intramolecular Hbond substituents is 1. The van der Waals surface area contributed by atoms with Crippen LogP contribution in [0.3, 0.4) is 0 Å². The number of benzene rings is 1. The molecule has 0 aliphatic carbocycles. The van der Waals surface area contributed by atoms with Gasteiger partial charge in [0.05, 0.1) is 6.04 Å². The highest BCUT2D eigenvalue weighted by atomic mass is 16.3. The highest BCUT2D eigenvalue weighted by Crippen LogP contribution is 2.27. The fourth-order valence-corrected chi connectivity index (χ4v) is 1.51. The smallest absolute Gasteiger partial charge is 0.222 e. The third-order valence-electron chi connectivity index (χ3n) is 2.66. The van der Waals surface area contributed by atoms with Gasteiger partial charge in [0.25, 0.3) is 0 Å². The minimum atomic E-state index is -0.0985. The predicted octanol–water partition coefficient (Wildman–Crippen LogP) is 2.32. The molecule has 0 saturated heterocycles. The van der Waals surface area contributed by atoms with Crippen LogP contribution in [0.4, 0.5) is 0 Å². The van der Waals surface area contributed by atoms with Gasteiger partial charge in [0, 0.05) is 19.0 Å². The summed E-state index contributed by atoms with van der Waals surface area (Å²) in [6, 6.07) is 7.00. The SMILES string of the molecule is CCC(=O)N(C)C(C)c1ccccc1O. The Bertz CT molecular complexity index is 349. The molecular weight excluding hydrogens is 190 g/mol. The van der Waals surface area contributed by atoms with Gasteiger partial charge in [-0.15, -0.1) is 0 Å². The molecule has 1 N–H and O–H groups in total. The number of phenols is 1. The van der Waals surface area contributed by atoms with E-state index in [2.05, 4.69) is 0 Å². The maximum atomic E-state index is 11.5. The highest BCUT2D eigenvalue weighted by Gasteiger charge is 2.17. The van der Waals surface area contributed by atoms with Crippen molar-refractivity contribution in [3.8, 4) is 5.75 Å². The molecule has 1 rings (SSSR count). The summed E-state index contributed by atoms with van der Waals surface area (Å²) < 4.78 is 0. The Morgan fingerprint density at radius 3 is 2.60 bits per heavy atom. The second-order valence-corrected chi connectivity index (χ2v) is 3.59. The number of carbonyl (C=O) groups excluding carboxylic acids is 1. The molecular formula is C12H17NO2. The standard InChI is InChI=1S/C12H17NO2/c1-4-12(15)13(3)9(2)10-7-5-6-8-11(10)14/h5-9,14H,4H2,1-3H3. The zero-order chi connectivity index (χ0) is 11.4. The molecule has 1 aromatic carbocycles. The zero-order valence-electron chi connectivity index (χ0n) is 9.40. The normalized spacial score (nSPS) is 12.2. The molecule has 82 valence electrons. The Kier molecular flexibility index (Phi) is 3.72. The van der Waals surface area contributed by atoms with E-state index in [9.17, 15) is 9.90 Å². The summed E-state index contributed by atoms with van der Waals surface area (Å²) in [6.07, 6.45) is 0.481. The van der Waals surface area contributed by atoms with E-state index in [1.165, 1.54) is 0 Å². The number of aromatic hydroxyl groups is 1. The van der Waals surface area contributed by atoms with Crippen molar-refractivity contribution in [1.29, 1.82) is 0 Å². The molecule has 15 heavy (non-hydrogen) atoms. The van der Waals surface area contributed by atoms with Crippen molar-refractivity contribution in [2.75, 3.05) is 7.05 Å². The summed E-state index contributed by atoms with van der Waals surface area (Å²) in [5.41, 5.74) is 0.779. The maximum Gasteiger partial charge on any atom is 0.222 e. The van der Waals surface area contributed by atoms with Crippen LogP contribution in [0, 0.1) is 0 Å². The molecule has 0 aliphatic rings. The second kappa shape index (κ2) is 4.82. The molecule has 0 saturated carbocycles. The second-order valence-electron chi connectivity index (χ2n) is 3.59. The van der Waals surface area contributed by atoms with Gasteiger partial charge in [-0.2, -0.15) is 0 Å². The van der Waals surface area contributed by atoms with Crippen LogP contribution in [0.15, 0.2) is 24.3 Å². The summed E-state index contributed by atoms with van der Waals surface area (Å²) in [6.45, 7) is 3.74. The van der Waals surface area contributed by atoms with Crippen molar-refractivity contribution in [2.24, 2.45) is 0 Å². The molecule has 0 fully saturated rings. The quantitative estimate of drug-likeness (QED) is 0.826. The van der Waals surface area contributed by atoms with E-state index < -0.39 is 0 Å². The first-order chi connectivity index (χ1) is 7.07. The van der Waals surface area contributed by atoms with E-state index in [1.807, 2.05) is 26.0 Å². The lowest BCUT2D eigenvalue weighted by molar-refractivity contribution is -0.131. The van der Waals surface area contributed by atoms with Crippen molar-refractivity contribution in [2.45, 2.75) is 26.3 Å². The van der Waals surface area contributed by atoms with Gasteiger partial charge in [-0.1, -0.05) is 25.1 Å². The zero-order valence-corrected chi connectivity index (χ0v) is 9.40. The van der Waals surface area contributed by atoms with Crippen LogP contribution < -0.4 is 0 Å². The molecule has 3 heteroatoms. The average Bonchev–Trinajstić information content (AvgIpc) is 2.26. The first-order valence-electron chi connectivity index (χ1n) is 5.11. The van der Waals surface area contributed by atoms with Gasteiger partial charge in [-0.25, -0.2) is 0 Å². The van der Waals surface area contributed by atoms with E-state index in [1.54, 1.807) is 24.1 Å². The minimum Gasteiger partial charge on any atom is -0.508 e. The lowest BCUT2D eigenvalue weighted by atomic mass is 10.1. The largest absolute Gasteiger partial charge is 0.508 e. The number of nitrogens with zero attached hydrogens (tertiary/aromatic N) is 1. The van der Waals surface area contributed by atoms with Gasteiger partial charge >= 0.3 is 0 Å². The third-order valence-corrected chi connectivity index (χ3v) is 2.66. The molecule has 0 spiro atoms. The van der Waals surface area contributed by atoms with Crippen molar-refractivity contribution >= 4 is 5.91 Å². The van der Waals surface area contributed by atoms with E-state index >= 15 is 0 Å². The first-order valence-corrected chi connectivity index (χ1v) is 5.11. The van der Waals surface area contributed by atoms with Crippen LogP contribution in [-0.2, 0) is 4.79 Å². The Morgan fingerprint density at radius 2 is 2.07 bits per heavy atom. The number of amides is 1. The van der Waals surface area contributed by atoms with E-state index in [-0.39, 0.29) is 17.7 Å². The fourth-order valence-electron chi connectivity index (χ4n) is 1.51. The minimum absolute atomic E-state index is 0.0748. The number of hydrogen-bond acceptors (Lipinski definition) is 2. The Labute approximate surface area is 90.3 Å². The van der Waals surface area contributed by atoms with Gasteiger partial charge in [-0.3, -0.25) is 4.79 Å². The van der Waals surface area contributed by atoms with E-state index in [0.717, 1.165) is 5.56 Å². The number of carbonyl (C=O) groups is 1. The van der Waals surface area contributed by atoms with Crippen LogP contribution in [0.1, 0.15) is 31.9 Å². The molecule has 0 aromatic heterocycles. The average molecular weight is 207 g/mol. The van der Waals surface area contributed by atoms with Crippen molar-refractivity contribution in [3.05, 3.63) is 29.8 Å². The van der Waals surface area contributed by atoms with Gasteiger partial charge < -0.3 is 10.0 Å². The number of para-hydroxylation sites is 1. The van der Waals surface area contributed by atoms with Crippen molar-refractivity contribution < 1.29 is 9.90 Å². The number of rotatable bonds is 3. The monoisotopic (exact) mass is 207 g/mol. The summed E-state index contributed by atoms with van der Waals surface area (Å²) in [5.74, 6) is 0.312. The van der Waals surface area contributed by atoms with E-state index in [0.29, 0.717) is 6.42 Å². The van der Waals surface area contributed by atoms with Gasteiger partial charge in [0.1, 0.15) is 5.75 Å². The summed E-state index contributed by atoms with van der Waals surface area (Å²) >= 11 is 0. The van der Waals surface area contributed by atoms with Crippen molar-refractivity contribution in [3.63, 3.8) is 0 Å². The third kappa shape index (κ3) is 2.49. The molecule has 1 atom stereocenters. The van der Waals surface area contributed by atoms with Gasteiger partial charge in [0.2, 0.25) is 5.91 Å². The van der Waals surface area contributed by atoms with Crippen LogP contribution in [0.2, 0.25) is 0 Å². The molecule has 0 heterocycles. The molecule has 0 aliphatic heterocycles. The predicted molar refractivity (Wildman–Crippen MR) is 59.6 cm³/mol. The van der Waals surface area contributed by atoms with Gasteiger partial charge in [0.15, 0.2) is 0 Å². The lowest BCUT2D eigenvalue weighted by Crippen LogP contribution is -2.28. The Hall–Kier alpha value is -1.51. The van der Waals surface area contributed by atoms with Crippen LogP contribution in [0.25, 0.3) is 0 Å². The van der Waals surface area contributed by atoms with Crippen LogP contribution in [0.5, 0.6) is 5.75 Å². The number of hydrogen-bond donors (Lipinski definition) is 1. The Balaban J connectivity index is 2.89. The molecule has 1 unspecified atom stereocenters. The highest BCUT2D eigenvalue weighted by molar-refractivity contribution is 5.76. The molecule has 0 radical (unpaired) electrons. The molecule has 3 nitrogen and oxygen atoms in total. The Morgan fingerprint density at radius 1 is 1.47 bits per heavy atom. The fraction of sp³-hybridized carbons (Fsp3) is 0.417. The van der Waals surface area contributed by atoms with Crippen LogP contribution >= 0.6 is 0 Å². The molecule has 1 amide bonds. The summed E-state index contributed by atoms with van der Waals surface area (Å²) in [4.78, 5) is 13.1. The first kappa shape index (κ1) is 11.6. The van der Waals surface area contributed by atoms with Gasteiger partial charge in [-0.05, 0) is 13.0 Å².